The Morgan fingerprint density at radius 2 is 2.00 bits per heavy atom. The van der Waals surface area contributed by atoms with Crippen molar-refractivity contribution in [3.05, 3.63) is 29.8 Å². The summed E-state index contributed by atoms with van der Waals surface area (Å²) in [5.74, 6) is 0.843. The van der Waals surface area contributed by atoms with Crippen molar-refractivity contribution in [2.75, 3.05) is 0 Å². The van der Waals surface area contributed by atoms with Gasteiger partial charge in [0.25, 0.3) is 0 Å². The molecule has 0 amide bonds. The summed E-state index contributed by atoms with van der Waals surface area (Å²) in [4.78, 5) is 4.49. The van der Waals surface area contributed by atoms with Crippen LogP contribution in [0.5, 0.6) is 0 Å². The fourth-order valence-corrected chi connectivity index (χ4v) is 2.17. The summed E-state index contributed by atoms with van der Waals surface area (Å²) in [5, 5.41) is 8.60. The average molecular weight is 247 g/mol. The van der Waals surface area contributed by atoms with Gasteiger partial charge in [0.05, 0.1) is 0 Å². The predicted molar refractivity (Wildman–Crippen MR) is 72.2 cm³/mol. The standard InChI is InChI=1S/C13H17N3S/c1-4-10(3)17-13-14-12(15-16-13)11-7-5-9(2)6-8-11/h5-8,10H,4H2,1-3H3,(H,14,15,16). The maximum Gasteiger partial charge on any atom is 0.209 e. The zero-order valence-electron chi connectivity index (χ0n) is 10.4. The number of rotatable bonds is 4. The summed E-state index contributed by atoms with van der Waals surface area (Å²) in [6.45, 7) is 6.44. The minimum atomic E-state index is 0.552. The average Bonchev–Trinajstić information content (AvgIpc) is 2.78. The van der Waals surface area contributed by atoms with Crippen molar-refractivity contribution in [1.29, 1.82) is 0 Å². The zero-order valence-corrected chi connectivity index (χ0v) is 11.2. The van der Waals surface area contributed by atoms with Gasteiger partial charge in [0.1, 0.15) is 0 Å². The highest BCUT2D eigenvalue weighted by molar-refractivity contribution is 7.99. The molecule has 0 saturated carbocycles. The molecular weight excluding hydrogens is 230 g/mol. The van der Waals surface area contributed by atoms with Gasteiger partial charge in [0.2, 0.25) is 5.16 Å². The van der Waals surface area contributed by atoms with Gasteiger partial charge in [-0.3, -0.25) is 5.10 Å². The molecule has 0 aliphatic carbocycles. The van der Waals surface area contributed by atoms with Crippen molar-refractivity contribution in [3.8, 4) is 11.4 Å². The van der Waals surface area contributed by atoms with E-state index < -0.39 is 0 Å². The molecule has 1 heterocycles. The largest absolute Gasteiger partial charge is 0.258 e. The van der Waals surface area contributed by atoms with Crippen LogP contribution in [0, 0.1) is 6.92 Å². The first-order valence-electron chi connectivity index (χ1n) is 5.85. The van der Waals surface area contributed by atoms with Gasteiger partial charge in [-0.25, -0.2) is 4.98 Å². The SMILES string of the molecule is CCC(C)Sc1n[nH]c(-c2ccc(C)cc2)n1. The highest BCUT2D eigenvalue weighted by Gasteiger charge is 2.08. The number of nitrogens with zero attached hydrogens (tertiary/aromatic N) is 2. The third kappa shape index (κ3) is 3.09. The summed E-state index contributed by atoms with van der Waals surface area (Å²) < 4.78 is 0. The minimum Gasteiger partial charge on any atom is -0.258 e. The molecule has 17 heavy (non-hydrogen) atoms. The molecule has 1 unspecified atom stereocenters. The Labute approximate surface area is 106 Å². The number of thioether (sulfide) groups is 1. The van der Waals surface area contributed by atoms with Crippen LogP contribution < -0.4 is 0 Å². The monoisotopic (exact) mass is 247 g/mol. The quantitative estimate of drug-likeness (QED) is 0.838. The van der Waals surface area contributed by atoms with Crippen LogP contribution in [-0.2, 0) is 0 Å². The molecule has 0 bridgehead atoms. The Balaban J connectivity index is 2.15. The highest BCUT2D eigenvalue weighted by atomic mass is 32.2. The summed E-state index contributed by atoms with van der Waals surface area (Å²) in [6, 6.07) is 8.29. The third-order valence-corrected chi connectivity index (χ3v) is 3.80. The lowest BCUT2D eigenvalue weighted by molar-refractivity contribution is 0.888. The fraction of sp³-hybridized carbons (Fsp3) is 0.385. The number of benzene rings is 1. The number of aromatic amines is 1. The second-order valence-electron chi connectivity index (χ2n) is 4.17. The fourth-order valence-electron chi connectivity index (χ4n) is 1.40. The van der Waals surface area contributed by atoms with E-state index in [1.165, 1.54) is 5.56 Å². The van der Waals surface area contributed by atoms with Crippen LogP contribution in [0.15, 0.2) is 29.4 Å². The van der Waals surface area contributed by atoms with Crippen molar-refractivity contribution in [1.82, 2.24) is 15.2 Å². The predicted octanol–water partition coefficient (Wildman–Crippen LogP) is 3.67. The molecule has 0 radical (unpaired) electrons. The van der Waals surface area contributed by atoms with Crippen LogP contribution in [0.1, 0.15) is 25.8 Å². The molecule has 90 valence electrons. The van der Waals surface area contributed by atoms with Crippen LogP contribution in [0.3, 0.4) is 0 Å². The van der Waals surface area contributed by atoms with Crippen molar-refractivity contribution < 1.29 is 0 Å². The van der Waals surface area contributed by atoms with Crippen LogP contribution in [-0.4, -0.2) is 20.4 Å². The number of aryl methyl sites for hydroxylation is 1. The summed E-state index contributed by atoms with van der Waals surface area (Å²) in [7, 11) is 0. The molecule has 0 aliphatic rings. The van der Waals surface area contributed by atoms with E-state index in [0.717, 1.165) is 23.0 Å². The van der Waals surface area contributed by atoms with E-state index in [2.05, 4.69) is 60.2 Å². The number of hydrogen-bond acceptors (Lipinski definition) is 3. The molecule has 1 aromatic heterocycles. The number of H-pyrrole nitrogens is 1. The summed E-state index contributed by atoms with van der Waals surface area (Å²) >= 11 is 1.71. The van der Waals surface area contributed by atoms with Gasteiger partial charge in [-0.15, -0.1) is 5.10 Å². The van der Waals surface area contributed by atoms with Gasteiger partial charge in [0.15, 0.2) is 5.82 Å². The van der Waals surface area contributed by atoms with Crippen molar-refractivity contribution in [2.45, 2.75) is 37.6 Å². The second kappa shape index (κ2) is 5.36. The lowest BCUT2D eigenvalue weighted by Crippen LogP contribution is -1.92. The molecule has 1 N–H and O–H groups in total. The van der Waals surface area contributed by atoms with Crippen LogP contribution >= 0.6 is 11.8 Å². The smallest absolute Gasteiger partial charge is 0.209 e. The molecule has 3 nitrogen and oxygen atoms in total. The Morgan fingerprint density at radius 3 is 2.65 bits per heavy atom. The zero-order chi connectivity index (χ0) is 12.3. The lowest BCUT2D eigenvalue weighted by Gasteiger charge is -2.02. The Kier molecular flexibility index (Phi) is 3.84. The van der Waals surface area contributed by atoms with Crippen molar-refractivity contribution >= 4 is 11.8 Å². The molecule has 0 spiro atoms. The molecule has 4 heteroatoms. The normalized spacial score (nSPS) is 12.6. The van der Waals surface area contributed by atoms with Gasteiger partial charge in [-0.1, -0.05) is 55.4 Å². The first-order valence-corrected chi connectivity index (χ1v) is 6.73. The van der Waals surface area contributed by atoms with E-state index in [-0.39, 0.29) is 0 Å². The minimum absolute atomic E-state index is 0.552. The lowest BCUT2D eigenvalue weighted by atomic mass is 10.1. The molecule has 2 rings (SSSR count). The summed E-state index contributed by atoms with van der Waals surface area (Å²) in [5.41, 5.74) is 2.33. The molecule has 2 aromatic rings. The Bertz CT molecular complexity index is 476. The molecule has 0 fully saturated rings. The molecule has 1 atom stereocenters. The second-order valence-corrected chi connectivity index (χ2v) is 5.57. The molecular formula is C13H17N3S. The van der Waals surface area contributed by atoms with E-state index >= 15 is 0 Å². The van der Waals surface area contributed by atoms with Crippen LogP contribution in [0.4, 0.5) is 0 Å². The maximum absolute atomic E-state index is 4.49. The Morgan fingerprint density at radius 1 is 1.29 bits per heavy atom. The number of hydrogen-bond donors (Lipinski definition) is 1. The van der Waals surface area contributed by atoms with Crippen molar-refractivity contribution in [2.24, 2.45) is 0 Å². The highest BCUT2D eigenvalue weighted by Crippen LogP contribution is 2.23. The van der Waals surface area contributed by atoms with Crippen molar-refractivity contribution in [3.63, 3.8) is 0 Å². The first kappa shape index (κ1) is 12.2. The van der Waals surface area contributed by atoms with Crippen LogP contribution in [0.25, 0.3) is 11.4 Å². The topological polar surface area (TPSA) is 41.6 Å². The van der Waals surface area contributed by atoms with Gasteiger partial charge in [-0.2, -0.15) is 0 Å². The maximum atomic E-state index is 4.49. The Hall–Kier alpha value is -1.29. The molecule has 0 aliphatic heterocycles. The van der Waals surface area contributed by atoms with E-state index in [4.69, 9.17) is 0 Å². The van der Waals surface area contributed by atoms with Gasteiger partial charge in [0, 0.05) is 10.8 Å². The van der Waals surface area contributed by atoms with E-state index in [1.807, 2.05) is 0 Å². The summed E-state index contributed by atoms with van der Waals surface area (Å²) in [6.07, 6.45) is 1.12. The van der Waals surface area contributed by atoms with Gasteiger partial charge in [-0.05, 0) is 13.3 Å². The number of aromatic nitrogens is 3. The van der Waals surface area contributed by atoms with E-state index in [0.29, 0.717) is 5.25 Å². The third-order valence-electron chi connectivity index (χ3n) is 2.67. The van der Waals surface area contributed by atoms with E-state index in [9.17, 15) is 0 Å². The van der Waals surface area contributed by atoms with Crippen LogP contribution in [0.2, 0.25) is 0 Å². The van der Waals surface area contributed by atoms with E-state index in [1.54, 1.807) is 11.8 Å². The first-order chi connectivity index (χ1) is 8.19. The van der Waals surface area contributed by atoms with Gasteiger partial charge < -0.3 is 0 Å². The molecule has 1 aromatic carbocycles. The number of nitrogens with one attached hydrogen (secondary N) is 1. The van der Waals surface area contributed by atoms with Gasteiger partial charge >= 0.3 is 0 Å². The molecule has 0 saturated heterocycles.